The van der Waals surface area contributed by atoms with E-state index in [1.165, 1.54) is 18.2 Å². The van der Waals surface area contributed by atoms with Crippen LogP contribution in [0.15, 0.2) is 48.6 Å². The molecule has 0 heterocycles. The van der Waals surface area contributed by atoms with Gasteiger partial charge in [0.1, 0.15) is 18.1 Å². The second kappa shape index (κ2) is 11.5. The van der Waals surface area contributed by atoms with E-state index in [9.17, 15) is 19.2 Å². The van der Waals surface area contributed by atoms with Crippen molar-refractivity contribution >= 4 is 24.2 Å². The first-order valence-electron chi connectivity index (χ1n) is 12.6. The first kappa shape index (κ1) is 24.9. The van der Waals surface area contributed by atoms with Crippen molar-refractivity contribution in [3.63, 3.8) is 0 Å². The molecule has 0 saturated heterocycles. The van der Waals surface area contributed by atoms with Crippen LogP contribution in [-0.2, 0) is 19.1 Å². The van der Waals surface area contributed by atoms with Gasteiger partial charge in [-0.25, -0.2) is 4.79 Å². The third-order valence-corrected chi connectivity index (χ3v) is 7.12. The summed E-state index contributed by atoms with van der Waals surface area (Å²) in [5, 5.41) is 0. The lowest BCUT2D eigenvalue weighted by Gasteiger charge is -2.36. The molecule has 0 aliphatic heterocycles. The maximum Gasteiger partial charge on any atom is 0.514 e. The molecule has 2 unspecified atom stereocenters. The molecular formula is C28H32O7. The molecule has 3 aliphatic rings. The van der Waals surface area contributed by atoms with Crippen LogP contribution in [0.3, 0.4) is 0 Å². The Labute approximate surface area is 205 Å². The Hall–Kier alpha value is -3.22. The van der Waals surface area contributed by atoms with E-state index in [4.69, 9.17) is 14.2 Å². The molecule has 7 heteroatoms. The van der Waals surface area contributed by atoms with Crippen LogP contribution in [-0.4, -0.2) is 35.9 Å². The number of carbonyl (C=O) groups is 4. The number of carbonyl (C=O) groups excluding carboxylic acids is 4. The van der Waals surface area contributed by atoms with Crippen molar-refractivity contribution in [3.8, 4) is 5.75 Å². The van der Waals surface area contributed by atoms with Gasteiger partial charge in [0.2, 0.25) is 11.4 Å². The molecule has 7 nitrogen and oxygen atoms in total. The van der Waals surface area contributed by atoms with Crippen molar-refractivity contribution in [1.82, 2.24) is 0 Å². The van der Waals surface area contributed by atoms with E-state index in [0.29, 0.717) is 19.1 Å². The van der Waals surface area contributed by atoms with Gasteiger partial charge in [0.25, 0.3) is 0 Å². The average Bonchev–Trinajstić information content (AvgIpc) is 2.90. The van der Waals surface area contributed by atoms with E-state index in [1.54, 1.807) is 30.4 Å². The summed E-state index contributed by atoms with van der Waals surface area (Å²) in [6.07, 6.45) is 14.7. The summed E-state index contributed by atoms with van der Waals surface area (Å²) < 4.78 is 16.8. The molecule has 4 rings (SSSR count). The predicted octanol–water partition coefficient (Wildman–Crippen LogP) is 5.52. The number of esters is 1. The summed E-state index contributed by atoms with van der Waals surface area (Å²) in [6, 6.07) is 6.25. The third-order valence-electron chi connectivity index (χ3n) is 7.12. The molecule has 35 heavy (non-hydrogen) atoms. The average molecular weight is 481 g/mol. The number of ketones is 1. The van der Waals surface area contributed by atoms with Crippen molar-refractivity contribution in [2.75, 3.05) is 0 Å². The highest BCUT2D eigenvalue weighted by molar-refractivity contribution is 6.09. The van der Waals surface area contributed by atoms with Gasteiger partial charge in [0, 0.05) is 0 Å². The van der Waals surface area contributed by atoms with Gasteiger partial charge in [0.05, 0.1) is 17.4 Å². The molecule has 2 saturated carbocycles. The maximum atomic E-state index is 13.9. The SMILES string of the molecule is O=CC1C=CC=CC1(OC(=O)C1CCCCC1)C(=O)c1ccccc1OC(=O)OC1CCCCC1. The van der Waals surface area contributed by atoms with Crippen LogP contribution in [0.1, 0.15) is 74.6 Å². The molecule has 2 atom stereocenters. The lowest BCUT2D eigenvalue weighted by Crippen LogP contribution is -2.50. The zero-order chi connectivity index (χ0) is 24.7. The Bertz CT molecular complexity index is 998. The van der Waals surface area contributed by atoms with Gasteiger partial charge in [-0.15, -0.1) is 0 Å². The second-order valence-electron chi connectivity index (χ2n) is 9.51. The van der Waals surface area contributed by atoms with Crippen LogP contribution in [0.2, 0.25) is 0 Å². The molecule has 0 aromatic heterocycles. The second-order valence-corrected chi connectivity index (χ2v) is 9.51. The van der Waals surface area contributed by atoms with Crippen molar-refractivity contribution in [3.05, 3.63) is 54.1 Å². The van der Waals surface area contributed by atoms with Gasteiger partial charge in [-0.05, 0) is 56.7 Å². The summed E-state index contributed by atoms with van der Waals surface area (Å²) >= 11 is 0. The Balaban J connectivity index is 1.59. The van der Waals surface area contributed by atoms with E-state index in [-0.39, 0.29) is 23.3 Å². The zero-order valence-corrected chi connectivity index (χ0v) is 19.9. The standard InChI is InChI=1S/C28H32O7/c29-19-21-13-9-10-18-28(21,35-26(31)20-11-3-1-4-12-20)25(30)23-16-7-8-17-24(23)34-27(32)33-22-14-5-2-6-15-22/h7-10,13,16-22H,1-6,11-12,14-15H2. The van der Waals surface area contributed by atoms with E-state index in [2.05, 4.69) is 0 Å². The highest BCUT2D eigenvalue weighted by Gasteiger charge is 2.49. The van der Waals surface area contributed by atoms with Crippen LogP contribution in [0.5, 0.6) is 5.75 Å². The predicted molar refractivity (Wildman–Crippen MR) is 128 cm³/mol. The fourth-order valence-corrected chi connectivity index (χ4v) is 5.13. The first-order valence-corrected chi connectivity index (χ1v) is 12.6. The van der Waals surface area contributed by atoms with Gasteiger partial charge in [-0.3, -0.25) is 9.59 Å². The fraction of sp³-hybridized carbons (Fsp3) is 0.500. The fourth-order valence-electron chi connectivity index (χ4n) is 5.13. The van der Waals surface area contributed by atoms with Gasteiger partial charge in [-0.1, -0.05) is 56.0 Å². The minimum atomic E-state index is -1.85. The number of aldehydes is 1. The number of benzene rings is 1. The lowest BCUT2D eigenvalue weighted by molar-refractivity contribution is -0.160. The Morgan fingerprint density at radius 1 is 0.886 bits per heavy atom. The monoisotopic (exact) mass is 480 g/mol. The van der Waals surface area contributed by atoms with E-state index >= 15 is 0 Å². The lowest BCUT2D eigenvalue weighted by atomic mass is 9.78. The van der Waals surface area contributed by atoms with Crippen molar-refractivity contribution in [2.45, 2.75) is 75.9 Å². The third kappa shape index (κ3) is 5.72. The normalized spacial score (nSPS) is 25.0. The van der Waals surface area contributed by atoms with Crippen LogP contribution in [0.25, 0.3) is 0 Å². The first-order chi connectivity index (χ1) is 17.0. The molecular weight excluding hydrogens is 448 g/mol. The van der Waals surface area contributed by atoms with Crippen molar-refractivity contribution in [1.29, 1.82) is 0 Å². The van der Waals surface area contributed by atoms with Crippen molar-refractivity contribution in [2.24, 2.45) is 11.8 Å². The van der Waals surface area contributed by atoms with Crippen LogP contribution in [0, 0.1) is 11.8 Å². The molecule has 0 amide bonds. The molecule has 0 bridgehead atoms. The molecule has 3 aliphatic carbocycles. The minimum absolute atomic E-state index is 0.000924. The molecule has 186 valence electrons. The summed E-state index contributed by atoms with van der Waals surface area (Å²) in [6.45, 7) is 0. The quantitative estimate of drug-likeness (QED) is 0.219. The van der Waals surface area contributed by atoms with Crippen molar-refractivity contribution < 1.29 is 33.4 Å². The topological polar surface area (TPSA) is 96.0 Å². The number of ether oxygens (including phenoxy) is 3. The summed E-state index contributed by atoms with van der Waals surface area (Å²) in [5.41, 5.74) is -1.81. The van der Waals surface area contributed by atoms with Gasteiger partial charge in [-0.2, -0.15) is 0 Å². The highest BCUT2D eigenvalue weighted by atomic mass is 16.7. The minimum Gasteiger partial charge on any atom is -0.445 e. The van der Waals surface area contributed by atoms with Crippen LogP contribution >= 0.6 is 0 Å². The number of rotatable bonds is 7. The molecule has 0 radical (unpaired) electrons. The van der Waals surface area contributed by atoms with E-state index in [0.717, 1.165) is 51.4 Å². The number of allylic oxidation sites excluding steroid dienone is 2. The van der Waals surface area contributed by atoms with E-state index in [1.807, 2.05) is 0 Å². The smallest absolute Gasteiger partial charge is 0.445 e. The van der Waals surface area contributed by atoms with E-state index < -0.39 is 29.4 Å². The number of hydrogen-bond donors (Lipinski definition) is 0. The Kier molecular flexibility index (Phi) is 8.16. The summed E-state index contributed by atoms with van der Waals surface area (Å²) in [4.78, 5) is 51.6. The zero-order valence-electron chi connectivity index (χ0n) is 19.9. The Morgan fingerprint density at radius 2 is 1.57 bits per heavy atom. The summed E-state index contributed by atoms with van der Waals surface area (Å²) in [7, 11) is 0. The largest absolute Gasteiger partial charge is 0.514 e. The number of hydrogen-bond acceptors (Lipinski definition) is 7. The van der Waals surface area contributed by atoms with Gasteiger partial charge in [0.15, 0.2) is 0 Å². The molecule has 1 aromatic carbocycles. The van der Waals surface area contributed by atoms with Crippen LogP contribution in [0.4, 0.5) is 4.79 Å². The number of Topliss-reactive ketones (excluding diaryl/α,β-unsaturated/α-hetero) is 1. The summed E-state index contributed by atoms with van der Waals surface area (Å²) in [5.74, 6) is -2.42. The molecule has 1 aromatic rings. The molecule has 2 fully saturated rings. The van der Waals surface area contributed by atoms with Gasteiger partial charge >= 0.3 is 12.1 Å². The molecule has 0 spiro atoms. The van der Waals surface area contributed by atoms with Gasteiger partial charge < -0.3 is 19.0 Å². The number of para-hydroxylation sites is 1. The highest BCUT2D eigenvalue weighted by Crippen LogP contribution is 2.37. The maximum absolute atomic E-state index is 13.9. The van der Waals surface area contributed by atoms with Crippen LogP contribution < -0.4 is 4.74 Å². The Morgan fingerprint density at radius 3 is 2.29 bits per heavy atom. The molecule has 0 N–H and O–H groups in total.